The van der Waals surface area contributed by atoms with Gasteiger partial charge in [0.15, 0.2) is 0 Å². The molecule has 0 radical (unpaired) electrons. The van der Waals surface area contributed by atoms with Gasteiger partial charge in [0.2, 0.25) is 5.91 Å². The van der Waals surface area contributed by atoms with Crippen LogP contribution in [0, 0.1) is 13.8 Å². The first-order valence-electron chi connectivity index (χ1n) is 5.51. The highest BCUT2D eigenvalue weighted by atomic mass is 19.1. The molecule has 0 N–H and O–H groups in total. The van der Waals surface area contributed by atoms with E-state index in [0.717, 1.165) is 16.7 Å². The number of carbonyl (C=O) groups is 1. The zero-order chi connectivity index (χ0) is 13.0. The molecule has 2 nitrogen and oxygen atoms in total. The van der Waals surface area contributed by atoms with Crippen molar-refractivity contribution in [3.05, 3.63) is 40.5 Å². The SMILES string of the molecule is Cc1ccc(CF)c(/C=C/C(=O)N(C)C)c1C. The molecule has 92 valence electrons. The second kappa shape index (κ2) is 5.62. The number of benzene rings is 1. The third-order valence-electron chi connectivity index (χ3n) is 2.85. The van der Waals surface area contributed by atoms with Crippen molar-refractivity contribution in [2.24, 2.45) is 0 Å². The molecule has 0 bridgehead atoms. The molecular formula is C14H18FNO. The van der Waals surface area contributed by atoms with Gasteiger partial charge >= 0.3 is 0 Å². The summed E-state index contributed by atoms with van der Waals surface area (Å²) < 4.78 is 12.9. The molecule has 1 aromatic rings. The zero-order valence-electron chi connectivity index (χ0n) is 10.7. The van der Waals surface area contributed by atoms with E-state index in [1.807, 2.05) is 19.9 Å². The molecule has 0 aliphatic heterocycles. The van der Waals surface area contributed by atoms with Crippen LogP contribution in [0.5, 0.6) is 0 Å². The molecular weight excluding hydrogens is 217 g/mol. The van der Waals surface area contributed by atoms with E-state index in [9.17, 15) is 9.18 Å². The summed E-state index contributed by atoms with van der Waals surface area (Å²) in [7, 11) is 3.37. The summed E-state index contributed by atoms with van der Waals surface area (Å²) >= 11 is 0. The van der Waals surface area contributed by atoms with Crippen LogP contribution in [0.1, 0.15) is 22.3 Å². The molecule has 0 fully saturated rings. The molecule has 0 atom stereocenters. The number of hydrogen-bond acceptors (Lipinski definition) is 1. The number of halogens is 1. The lowest BCUT2D eigenvalue weighted by molar-refractivity contribution is -0.123. The van der Waals surface area contributed by atoms with Crippen molar-refractivity contribution in [3.8, 4) is 0 Å². The molecule has 0 saturated heterocycles. The van der Waals surface area contributed by atoms with E-state index < -0.39 is 6.67 Å². The number of carbonyl (C=O) groups excluding carboxylic acids is 1. The molecule has 17 heavy (non-hydrogen) atoms. The number of amides is 1. The summed E-state index contributed by atoms with van der Waals surface area (Å²) in [4.78, 5) is 12.9. The van der Waals surface area contributed by atoms with E-state index in [1.54, 1.807) is 26.2 Å². The summed E-state index contributed by atoms with van der Waals surface area (Å²) in [6, 6.07) is 3.66. The van der Waals surface area contributed by atoms with E-state index in [1.165, 1.54) is 11.0 Å². The van der Waals surface area contributed by atoms with Gasteiger partial charge in [-0.15, -0.1) is 0 Å². The fourth-order valence-corrected chi connectivity index (χ4v) is 1.55. The lowest BCUT2D eigenvalue weighted by atomic mass is 9.98. The summed E-state index contributed by atoms with van der Waals surface area (Å²) in [5, 5.41) is 0. The maximum Gasteiger partial charge on any atom is 0.246 e. The van der Waals surface area contributed by atoms with Crippen LogP contribution in [-0.4, -0.2) is 24.9 Å². The number of nitrogens with zero attached hydrogens (tertiary/aromatic N) is 1. The summed E-state index contributed by atoms with van der Waals surface area (Å²) in [5.74, 6) is -0.101. The largest absolute Gasteiger partial charge is 0.345 e. The molecule has 1 rings (SSSR count). The molecule has 0 spiro atoms. The third-order valence-corrected chi connectivity index (χ3v) is 2.85. The minimum atomic E-state index is -0.517. The van der Waals surface area contributed by atoms with E-state index in [2.05, 4.69) is 0 Å². The Morgan fingerprint density at radius 3 is 2.53 bits per heavy atom. The Morgan fingerprint density at radius 1 is 1.35 bits per heavy atom. The number of hydrogen-bond donors (Lipinski definition) is 0. The molecule has 0 unspecified atom stereocenters. The van der Waals surface area contributed by atoms with Crippen LogP contribution in [0.2, 0.25) is 0 Å². The van der Waals surface area contributed by atoms with Crippen LogP contribution in [0.4, 0.5) is 4.39 Å². The topological polar surface area (TPSA) is 20.3 Å². The summed E-state index contributed by atoms with van der Waals surface area (Å²) in [6.07, 6.45) is 3.17. The molecule has 0 aliphatic rings. The number of alkyl halides is 1. The maximum atomic E-state index is 12.9. The number of aryl methyl sites for hydroxylation is 1. The van der Waals surface area contributed by atoms with E-state index in [4.69, 9.17) is 0 Å². The smallest absolute Gasteiger partial charge is 0.246 e. The van der Waals surface area contributed by atoms with Gasteiger partial charge in [0.05, 0.1) is 0 Å². The average Bonchev–Trinajstić information content (AvgIpc) is 2.30. The van der Waals surface area contributed by atoms with Crippen molar-refractivity contribution >= 4 is 12.0 Å². The minimum Gasteiger partial charge on any atom is -0.345 e. The lowest BCUT2D eigenvalue weighted by Gasteiger charge is -2.10. The van der Waals surface area contributed by atoms with Crippen molar-refractivity contribution in [3.63, 3.8) is 0 Å². The highest BCUT2D eigenvalue weighted by Gasteiger charge is 2.06. The maximum absolute atomic E-state index is 12.9. The Morgan fingerprint density at radius 2 is 2.00 bits per heavy atom. The van der Waals surface area contributed by atoms with Gasteiger partial charge in [-0.25, -0.2) is 4.39 Å². The lowest BCUT2D eigenvalue weighted by Crippen LogP contribution is -2.18. The molecule has 1 amide bonds. The molecule has 1 aromatic carbocycles. The third kappa shape index (κ3) is 3.16. The Labute approximate surface area is 102 Å². The van der Waals surface area contributed by atoms with E-state index >= 15 is 0 Å². The van der Waals surface area contributed by atoms with Crippen LogP contribution in [0.25, 0.3) is 6.08 Å². The normalized spacial score (nSPS) is 10.9. The van der Waals surface area contributed by atoms with Gasteiger partial charge in [0, 0.05) is 20.2 Å². The van der Waals surface area contributed by atoms with Gasteiger partial charge in [-0.3, -0.25) is 4.79 Å². The van der Waals surface area contributed by atoms with Gasteiger partial charge in [0.1, 0.15) is 6.67 Å². The summed E-state index contributed by atoms with van der Waals surface area (Å²) in [6.45, 7) is 3.40. The highest BCUT2D eigenvalue weighted by molar-refractivity contribution is 5.91. The fourth-order valence-electron chi connectivity index (χ4n) is 1.55. The standard InChI is InChI=1S/C14H18FNO/c1-10-5-6-12(9-15)13(11(10)2)7-8-14(17)16(3)4/h5-8H,9H2,1-4H3/b8-7+. The first kappa shape index (κ1) is 13.4. The predicted molar refractivity (Wildman–Crippen MR) is 68.5 cm³/mol. The second-order valence-electron chi connectivity index (χ2n) is 4.28. The van der Waals surface area contributed by atoms with Crippen LogP contribution in [0.15, 0.2) is 18.2 Å². The van der Waals surface area contributed by atoms with Crippen molar-refractivity contribution in [2.45, 2.75) is 20.5 Å². The predicted octanol–water partition coefficient (Wildman–Crippen LogP) is 2.87. The zero-order valence-corrected chi connectivity index (χ0v) is 10.7. The second-order valence-corrected chi connectivity index (χ2v) is 4.28. The number of rotatable bonds is 3. The molecule has 0 aliphatic carbocycles. The van der Waals surface area contributed by atoms with Gasteiger partial charge in [0.25, 0.3) is 0 Å². The van der Waals surface area contributed by atoms with Crippen LogP contribution in [0.3, 0.4) is 0 Å². The van der Waals surface area contributed by atoms with Crippen LogP contribution < -0.4 is 0 Å². The highest BCUT2D eigenvalue weighted by Crippen LogP contribution is 2.20. The first-order chi connectivity index (χ1) is 7.97. The van der Waals surface area contributed by atoms with Gasteiger partial charge in [-0.05, 0) is 42.2 Å². The minimum absolute atomic E-state index is 0.101. The van der Waals surface area contributed by atoms with E-state index in [-0.39, 0.29) is 5.91 Å². The molecule has 0 saturated carbocycles. The van der Waals surface area contributed by atoms with Crippen LogP contribution in [-0.2, 0) is 11.5 Å². The monoisotopic (exact) mass is 235 g/mol. The fraction of sp³-hybridized carbons (Fsp3) is 0.357. The van der Waals surface area contributed by atoms with Gasteiger partial charge in [-0.2, -0.15) is 0 Å². The molecule has 3 heteroatoms. The Balaban J connectivity index is 3.12. The van der Waals surface area contributed by atoms with Crippen molar-refractivity contribution in [1.82, 2.24) is 4.90 Å². The molecule has 0 heterocycles. The first-order valence-corrected chi connectivity index (χ1v) is 5.51. The Bertz CT molecular complexity index is 450. The van der Waals surface area contributed by atoms with Crippen molar-refractivity contribution in [2.75, 3.05) is 14.1 Å². The van der Waals surface area contributed by atoms with Crippen molar-refractivity contribution in [1.29, 1.82) is 0 Å². The van der Waals surface area contributed by atoms with E-state index in [0.29, 0.717) is 5.56 Å². The van der Waals surface area contributed by atoms with Gasteiger partial charge < -0.3 is 4.90 Å². The molecule has 0 aromatic heterocycles. The van der Waals surface area contributed by atoms with Crippen LogP contribution >= 0.6 is 0 Å². The quantitative estimate of drug-likeness (QED) is 0.738. The van der Waals surface area contributed by atoms with Gasteiger partial charge in [-0.1, -0.05) is 12.1 Å². The average molecular weight is 235 g/mol. The summed E-state index contributed by atoms with van der Waals surface area (Å²) in [5.41, 5.74) is 3.54. The number of likely N-dealkylation sites (N-methyl/N-ethyl adjacent to an activating group) is 1. The Kier molecular flexibility index (Phi) is 4.44. The van der Waals surface area contributed by atoms with Crippen molar-refractivity contribution < 1.29 is 9.18 Å². The Hall–Kier alpha value is -1.64.